The summed E-state index contributed by atoms with van der Waals surface area (Å²) < 4.78 is 31.0. The van der Waals surface area contributed by atoms with Crippen LogP contribution >= 0.6 is 0 Å². The predicted octanol–water partition coefficient (Wildman–Crippen LogP) is 1.53. The summed E-state index contributed by atoms with van der Waals surface area (Å²) in [6.07, 6.45) is 1.06. The number of rotatable bonds is 6. The monoisotopic (exact) mass is 397 g/mol. The SMILES string of the molecule is CCOC(=O)N1CCN(C(=O)[C@@H](CC)N(c2ccccc2)S(C)(=O)=O)CC1. The van der Waals surface area contributed by atoms with Crippen LogP contribution in [0.3, 0.4) is 0 Å². The zero-order valence-corrected chi connectivity index (χ0v) is 16.8. The molecule has 0 aromatic heterocycles. The van der Waals surface area contributed by atoms with Gasteiger partial charge in [0.2, 0.25) is 15.9 Å². The molecule has 1 fully saturated rings. The first-order valence-corrected chi connectivity index (χ1v) is 10.9. The van der Waals surface area contributed by atoms with Gasteiger partial charge in [-0.3, -0.25) is 9.10 Å². The van der Waals surface area contributed by atoms with Gasteiger partial charge in [-0.1, -0.05) is 25.1 Å². The van der Waals surface area contributed by atoms with E-state index in [1.54, 1.807) is 54.0 Å². The lowest BCUT2D eigenvalue weighted by Crippen LogP contribution is -2.56. The van der Waals surface area contributed by atoms with E-state index >= 15 is 0 Å². The van der Waals surface area contributed by atoms with Crippen molar-refractivity contribution in [2.45, 2.75) is 26.3 Å². The number of hydrogen-bond acceptors (Lipinski definition) is 5. The van der Waals surface area contributed by atoms with Crippen LogP contribution in [0.5, 0.6) is 0 Å². The first kappa shape index (κ1) is 21.0. The van der Waals surface area contributed by atoms with Gasteiger partial charge in [-0.25, -0.2) is 13.2 Å². The van der Waals surface area contributed by atoms with E-state index in [-0.39, 0.29) is 5.91 Å². The maximum atomic E-state index is 13.1. The summed E-state index contributed by atoms with van der Waals surface area (Å²) in [7, 11) is -3.64. The molecule has 1 aromatic rings. The average Bonchev–Trinajstić information content (AvgIpc) is 2.65. The molecule has 1 atom stereocenters. The van der Waals surface area contributed by atoms with Crippen LogP contribution in [0.2, 0.25) is 0 Å². The molecule has 2 amide bonds. The average molecular weight is 397 g/mol. The zero-order chi connectivity index (χ0) is 20.0. The third-order valence-corrected chi connectivity index (χ3v) is 5.62. The first-order valence-electron chi connectivity index (χ1n) is 9.04. The van der Waals surface area contributed by atoms with Gasteiger partial charge in [0.1, 0.15) is 6.04 Å². The molecule has 1 saturated heterocycles. The molecular formula is C18H27N3O5S. The van der Waals surface area contributed by atoms with Gasteiger partial charge in [-0.15, -0.1) is 0 Å². The van der Waals surface area contributed by atoms with Crippen molar-refractivity contribution >= 4 is 27.7 Å². The Morgan fingerprint density at radius 2 is 1.63 bits per heavy atom. The highest BCUT2D eigenvalue weighted by Crippen LogP contribution is 2.23. The maximum Gasteiger partial charge on any atom is 0.409 e. The number of benzene rings is 1. The molecule has 0 aliphatic carbocycles. The van der Waals surface area contributed by atoms with Crippen molar-refractivity contribution < 1.29 is 22.7 Å². The molecule has 0 N–H and O–H groups in total. The van der Waals surface area contributed by atoms with Gasteiger partial charge in [0.15, 0.2) is 0 Å². The number of nitrogens with zero attached hydrogens (tertiary/aromatic N) is 3. The number of amides is 2. The van der Waals surface area contributed by atoms with Gasteiger partial charge < -0.3 is 14.5 Å². The summed E-state index contributed by atoms with van der Waals surface area (Å²) in [5, 5.41) is 0. The lowest BCUT2D eigenvalue weighted by Gasteiger charge is -2.38. The second kappa shape index (κ2) is 9.07. The summed E-state index contributed by atoms with van der Waals surface area (Å²) in [6, 6.07) is 7.80. The van der Waals surface area contributed by atoms with Gasteiger partial charge in [-0.05, 0) is 25.5 Å². The molecule has 8 nitrogen and oxygen atoms in total. The van der Waals surface area contributed by atoms with Crippen LogP contribution < -0.4 is 4.31 Å². The topological polar surface area (TPSA) is 87.2 Å². The van der Waals surface area contributed by atoms with Crippen molar-refractivity contribution in [1.29, 1.82) is 0 Å². The van der Waals surface area contributed by atoms with Crippen molar-refractivity contribution in [1.82, 2.24) is 9.80 Å². The van der Waals surface area contributed by atoms with Crippen molar-refractivity contribution in [3.05, 3.63) is 30.3 Å². The smallest absolute Gasteiger partial charge is 0.409 e. The molecule has 0 unspecified atom stereocenters. The normalized spacial score (nSPS) is 16.0. The van der Waals surface area contributed by atoms with Crippen molar-refractivity contribution in [2.24, 2.45) is 0 Å². The Balaban J connectivity index is 2.16. The Morgan fingerprint density at radius 3 is 2.11 bits per heavy atom. The standard InChI is InChI=1S/C18H27N3O5S/c1-4-16(21(27(3,24)25)15-9-7-6-8-10-15)17(22)19-11-13-20(14-12-19)18(23)26-5-2/h6-10,16H,4-5,11-14H2,1-3H3/t16-/m1/s1. The molecule has 1 aliphatic rings. The Hall–Kier alpha value is -2.29. The van der Waals surface area contributed by atoms with E-state index in [9.17, 15) is 18.0 Å². The lowest BCUT2D eigenvalue weighted by molar-refractivity contribution is -0.134. The van der Waals surface area contributed by atoms with E-state index in [1.807, 2.05) is 0 Å². The number of hydrogen-bond donors (Lipinski definition) is 0. The number of piperazine rings is 1. The zero-order valence-electron chi connectivity index (χ0n) is 16.0. The highest BCUT2D eigenvalue weighted by atomic mass is 32.2. The van der Waals surface area contributed by atoms with Crippen LogP contribution in [0.1, 0.15) is 20.3 Å². The lowest BCUT2D eigenvalue weighted by atomic mass is 10.1. The second-order valence-corrected chi connectivity index (χ2v) is 8.19. The summed E-state index contributed by atoms with van der Waals surface area (Å²) in [6.45, 7) is 5.26. The molecule has 9 heteroatoms. The largest absolute Gasteiger partial charge is 0.450 e. The van der Waals surface area contributed by atoms with Crippen LogP contribution in [-0.2, 0) is 19.6 Å². The molecule has 150 valence electrons. The van der Waals surface area contributed by atoms with Gasteiger partial charge in [0.25, 0.3) is 0 Å². The van der Waals surface area contributed by atoms with E-state index < -0.39 is 22.2 Å². The van der Waals surface area contributed by atoms with Crippen molar-refractivity contribution in [2.75, 3.05) is 43.3 Å². The second-order valence-electron chi connectivity index (χ2n) is 6.33. The Kier molecular flexibility index (Phi) is 7.06. The van der Waals surface area contributed by atoms with Gasteiger partial charge >= 0.3 is 6.09 Å². The summed E-state index contributed by atoms with van der Waals surface area (Å²) in [5.41, 5.74) is 0.463. The van der Waals surface area contributed by atoms with E-state index in [4.69, 9.17) is 4.74 Å². The summed E-state index contributed by atoms with van der Waals surface area (Å²) >= 11 is 0. The van der Waals surface area contributed by atoms with E-state index in [2.05, 4.69) is 0 Å². The van der Waals surface area contributed by atoms with E-state index in [0.29, 0.717) is 44.9 Å². The minimum absolute atomic E-state index is 0.254. The molecule has 0 saturated carbocycles. The molecule has 0 bridgehead atoms. The predicted molar refractivity (Wildman–Crippen MR) is 103 cm³/mol. The van der Waals surface area contributed by atoms with Crippen LogP contribution in [0.15, 0.2) is 30.3 Å². The molecule has 1 heterocycles. The Bertz CT molecular complexity index is 746. The number of carbonyl (C=O) groups is 2. The molecule has 0 spiro atoms. The molecule has 2 rings (SSSR count). The summed E-state index contributed by atoms with van der Waals surface area (Å²) in [5.74, 6) is -0.254. The molecular weight excluding hydrogens is 370 g/mol. The molecule has 1 aliphatic heterocycles. The van der Waals surface area contributed by atoms with Crippen LogP contribution in [-0.4, -0.2) is 75.3 Å². The molecule has 0 radical (unpaired) electrons. The minimum atomic E-state index is -3.64. The van der Waals surface area contributed by atoms with Crippen molar-refractivity contribution in [3.63, 3.8) is 0 Å². The van der Waals surface area contributed by atoms with E-state index in [0.717, 1.165) is 6.26 Å². The fraction of sp³-hybridized carbons (Fsp3) is 0.556. The van der Waals surface area contributed by atoms with Gasteiger partial charge in [0, 0.05) is 26.2 Å². The number of carbonyl (C=O) groups excluding carboxylic acids is 2. The van der Waals surface area contributed by atoms with Gasteiger partial charge in [-0.2, -0.15) is 0 Å². The molecule has 1 aromatic carbocycles. The van der Waals surface area contributed by atoms with Crippen LogP contribution in [0.4, 0.5) is 10.5 Å². The van der Waals surface area contributed by atoms with Gasteiger partial charge in [0.05, 0.1) is 18.6 Å². The number of anilines is 1. The quantitative estimate of drug-likeness (QED) is 0.727. The van der Waals surface area contributed by atoms with Crippen LogP contribution in [0, 0.1) is 0 Å². The molecule has 27 heavy (non-hydrogen) atoms. The summed E-state index contributed by atoms with van der Waals surface area (Å²) in [4.78, 5) is 28.1. The first-order chi connectivity index (χ1) is 12.8. The number of para-hydroxylation sites is 1. The highest BCUT2D eigenvalue weighted by Gasteiger charge is 2.35. The number of sulfonamides is 1. The van der Waals surface area contributed by atoms with Crippen molar-refractivity contribution in [3.8, 4) is 0 Å². The Morgan fingerprint density at radius 1 is 1.07 bits per heavy atom. The maximum absolute atomic E-state index is 13.1. The number of ether oxygens (including phenoxy) is 1. The Labute approximate surface area is 160 Å². The third kappa shape index (κ3) is 5.12. The third-order valence-electron chi connectivity index (χ3n) is 4.44. The van der Waals surface area contributed by atoms with E-state index in [1.165, 1.54) is 4.31 Å². The van der Waals surface area contributed by atoms with Crippen LogP contribution in [0.25, 0.3) is 0 Å². The minimum Gasteiger partial charge on any atom is -0.450 e. The fourth-order valence-electron chi connectivity index (χ4n) is 3.15. The fourth-order valence-corrected chi connectivity index (χ4v) is 4.36. The highest BCUT2D eigenvalue weighted by molar-refractivity contribution is 7.92.